The molecule has 4 rings (SSSR count). The van der Waals surface area contributed by atoms with E-state index >= 15 is 0 Å². The van der Waals surface area contributed by atoms with Crippen molar-refractivity contribution in [3.05, 3.63) is 67.8 Å². The van der Waals surface area contributed by atoms with Crippen LogP contribution in [0.2, 0.25) is 0 Å². The van der Waals surface area contributed by atoms with Gasteiger partial charge >= 0.3 is 0 Å². The van der Waals surface area contributed by atoms with E-state index in [1.54, 1.807) is 22.7 Å². The number of thiophene rings is 1. The molecule has 1 unspecified atom stereocenters. The molecule has 0 bridgehead atoms. The number of fused-ring (bicyclic) bond motifs is 1. The third-order valence-corrected chi connectivity index (χ3v) is 6.24. The van der Waals surface area contributed by atoms with Crippen molar-refractivity contribution in [3.63, 3.8) is 0 Å². The molecule has 28 heavy (non-hydrogen) atoms. The number of thiazole rings is 1. The van der Waals surface area contributed by atoms with Crippen LogP contribution in [0.15, 0.2) is 40.4 Å². The lowest BCUT2D eigenvalue weighted by molar-refractivity contribution is -0.122. The van der Waals surface area contributed by atoms with E-state index in [2.05, 4.69) is 51.1 Å². The summed E-state index contributed by atoms with van der Waals surface area (Å²) in [5, 5.41) is 10.2. The maximum absolute atomic E-state index is 12.6. The van der Waals surface area contributed by atoms with Gasteiger partial charge in [-0.2, -0.15) is 11.3 Å². The largest absolute Gasteiger partial charge is 0.484 e. The molecule has 7 heteroatoms. The lowest BCUT2D eigenvalue weighted by Crippen LogP contribution is -2.38. The van der Waals surface area contributed by atoms with Gasteiger partial charge in [-0.15, -0.1) is 11.3 Å². The van der Waals surface area contributed by atoms with E-state index in [9.17, 15) is 4.79 Å². The number of carbonyl (C=O) groups excluding carboxylic acids is 1. The van der Waals surface area contributed by atoms with Crippen LogP contribution in [0.1, 0.15) is 33.5 Å². The van der Waals surface area contributed by atoms with Crippen molar-refractivity contribution in [1.82, 2.24) is 15.2 Å². The third-order valence-electron chi connectivity index (χ3n) is 4.72. The number of amides is 1. The standard InChI is InChI=1S/C21H23N3O2S2/c1-14-3-4-19-17(7-14)9-24(10-20(26-19)16-5-6-27-12-16)11-21(25)22-8-18-13-28-15(2)23-18/h3-7,12-13,20H,8-11H2,1-2H3,(H,22,25). The molecule has 0 radical (unpaired) electrons. The molecule has 1 aliphatic rings. The summed E-state index contributed by atoms with van der Waals surface area (Å²) in [6, 6.07) is 8.35. The number of ether oxygens (including phenoxy) is 1. The first-order valence-electron chi connectivity index (χ1n) is 9.25. The Morgan fingerprint density at radius 1 is 1.32 bits per heavy atom. The van der Waals surface area contributed by atoms with E-state index in [1.165, 1.54) is 5.56 Å². The van der Waals surface area contributed by atoms with Crippen LogP contribution in [0.5, 0.6) is 5.75 Å². The number of aromatic nitrogens is 1. The van der Waals surface area contributed by atoms with Crippen LogP contribution in [-0.4, -0.2) is 28.9 Å². The van der Waals surface area contributed by atoms with Crippen molar-refractivity contribution in [2.45, 2.75) is 33.0 Å². The van der Waals surface area contributed by atoms with Gasteiger partial charge in [0.05, 0.1) is 23.8 Å². The molecule has 0 fully saturated rings. The first-order valence-corrected chi connectivity index (χ1v) is 11.1. The predicted octanol–water partition coefficient (Wildman–Crippen LogP) is 4.07. The van der Waals surface area contributed by atoms with Gasteiger partial charge in [0.2, 0.25) is 5.91 Å². The van der Waals surface area contributed by atoms with Crippen LogP contribution < -0.4 is 10.1 Å². The van der Waals surface area contributed by atoms with Crippen LogP contribution >= 0.6 is 22.7 Å². The Morgan fingerprint density at radius 3 is 2.96 bits per heavy atom. The van der Waals surface area contributed by atoms with E-state index in [0.717, 1.165) is 27.6 Å². The summed E-state index contributed by atoms with van der Waals surface area (Å²) >= 11 is 3.26. The Balaban J connectivity index is 1.47. The summed E-state index contributed by atoms with van der Waals surface area (Å²) < 4.78 is 6.32. The second-order valence-corrected chi connectivity index (χ2v) is 8.92. The normalized spacial score (nSPS) is 16.9. The summed E-state index contributed by atoms with van der Waals surface area (Å²) in [6.45, 7) is 6.22. The zero-order valence-corrected chi connectivity index (χ0v) is 17.6. The van der Waals surface area contributed by atoms with Gasteiger partial charge in [0.15, 0.2) is 0 Å². The number of nitrogens with one attached hydrogen (secondary N) is 1. The van der Waals surface area contributed by atoms with E-state index < -0.39 is 0 Å². The SMILES string of the molecule is Cc1ccc2c(c1)CN(CC(=O)NCc1csc(C)n1)CC(c1ccsc1)O2. The molecule has 1 atom stereocenters. The molecule has 1 amide bonds. The lowest BCUT2D eigenvalue weighted by Gasteiger charge is -2.23. The van der Waals surface area contributed by atoms with Gasteiger partial charge in [-0.1, -0.05) is 17.7 Å². The summed E-state index contributed by atoms with van der Waals surface area (Å²) in [5.74, 6) is 0.911. The van der Waals surface area contributed by atoms with Crippen LogP contribution in [0.25, 0.3) is 0 Å². The van der Waals surface area contributed by atoms with Gasteiger partial charge in [-0.25, -0.2) is 4.98 Å². The van der Waals surface area contributed by atoms with Crippen molar-refractivity contribution >= 4 is 28.6 Å². The fourth-order valence-corrected chi connectivity index (χ4v) is 4.68. The molecule has 0 spiro atoms. The molecule has 0 saturated heterocycles. The molecule has 3 aromatic rings. The number of aryl methyl sites for hydroxylation is 2. The topological polar surface area (TPSA) is 54.5 Å². The molecule has 5 nitrogen and oxygen atoms in total. The molecule has 1 N–H and O–H groups in total. The number of carbonyl (C=O) groups is 1. The summed E-state index contributed by atoms with van der Waals surface area (Å²) in [5.41, 5.74) is 4.38. The van der Waals surface area contributed by atoms with Gasteiger partial charge in [0.25, 0.3) is 0 Å². The Morgan fingerprint density at radius 2 is 2.21 bits per heavy atom. The minimum Gasteiger partial charge on any atom is -0.484 e. The lowest BCUT2D eigenvalue weighted by atomic mass is 10.1. The molecule has 2 aromatic heterocycles. The van der Waals surface area contributed by atoms with Gasteiger partial charge in [0, 0.05) is 29.6 Å². The van der Waals surface area contributed by atoms with E-state index in [0.29, 0.717) is 26.2 Å². The van der Waals surface area contributed by atoms with Gasteiger partial charge in [-0.3, -0.25) is 9.69 Å². The first kappa shape index (κ1) is 19.1. The average Bonchev–Trinajstić information content (AvgIpc) is 3.30. The molecule has 1 aliphatic heterocycles. The maximum Gasteiger partial charge on any atom is 0.234 e. The first-order chi connectivity index (χ1) is 13.6. The van der Waals surface area contributed by atoms with E-state index in [4.69, 9.17) is 4.74 Å². The summed E-state index contributed by atoms with van der Waals surface area (Å²) in [4.78, 5) is 19.1. The van der Waals surface area contributed by atoms with Crippen molar-refractivity contribution in [3.8, 4) is 5.75 Å². The van der Waals surface area contributed by atoms with Crippen LogP contribution in [0, 0.1) is 13.8 Å². The number of hydrogen-bond acceptors (Lipinski definition) is 6. The van der Waals surface area contributed by atoms with E-state index in [-0.39, 0.29) is 12.0 Å². The minimum absolute atomic E-state index is 0.00539. The molecular formula is C21H23N3O2S2. The van der Waals surface area contributed by atoms with Gasteiger partial charge in [0.1, 0.15) is 11.9 Å². The third kappa shape index (κ3) is 4.60. The van der Waals surface area contributed by atoms with Crippen LogP contribution in [-0.2, 0) is 17.9 Å². The zero-order chi connectivity index (χ0) is 19.5. The Kier molecular flexibility index (Phi) is 5.75. The summed E-state index contributed by atoms with van der Waals surface area (Å²) in [7, 11) is 0. The molecule has 3 heterocycles. The predicted molar refractivity (Wildman–Crippen MR) is 113 cm³/mol. The molecular weight excluding hydrogens is 390 g/mol. The van der Waals surface area contributed by atoms with Gasteiger partial charge < -0.3 is 10.1 Å². The van der Waals surface area contributed by atoms with Crippen molar-refractivity contribution in [1.29, 1.82) is 0 Å². The second kappa shape index (κ2) is 8.43. The van der Waals surface area contributed by atoms with Crippen LogP contribution in [0.4, 0.5) is 0 Å². The summed E-state index contributed by atoms with van der Waals surface area (Å²) in [6.07, 6.45) is -0.0794. The Bertz CT molecular complexity index is 952. The molecule has 0 saturated carbocycles. The van der Waals surface area contributed by atoms with Crippen molar-refractivity contribution in [2.75, 3.05) is 13.1 Å². The highest BCUT2D eigenvalue weighted by Gasteiger charge is 2.26. The van der Waals surface area contributed by atoms with Gasteiger partial charge in [-0.05, 0) is 36.7 Å². The monoisotopic (exact) mass is 413 g/mol. The number of hydrogen-bond donors (Lipinski definition) is 1. The zero-order valence-electron chi connectivity index (χ0n) is 16.0. The fraction of sp³-hybridized carbons (Fsp3) is 0.333. The molecule has 0 aliphatic carbocycles. The number of rotatable bonds is 5. The molecule has 146 valence electrons. The Hall–Kier alpha value is -2.22. The quantitative estimate of drug-likeness (QED) is 0.685. The maximum atomic E-state index is 12.6. The second-order valence-electron chi connectivity index (χ2n) is 7.08. The van der Waals surface area contributed by atoms with E-state index in [1.807, 2.05) is 18.4 Å². The fourth-order valence-electron chi connectivity index (χ4n) is 3.37. The smallest absolute Gasteiger partial charge is 0.234 e. The highest BCUT2D eigenvalue weighted by atomic mass is 32.1. The highest BCUT2D eigenvalue weighted by Crippen LogP contribution is 2.32. The average molecular weight is 414 g/mol. The number of benzene rings is 1. The van der Waals surface area contributed by atoms with Crippen molar-refractivity contribution in [2.24, 2.45) is 0 Å². The van der Waals surface area contributed by atoms with Crippen LogP contribution in [0.3, 0.4) is 0 Å². The molecule has 1 aromatic carbocycles. The number of nitrogens with zero attached hydrogens (tertiary/aromatic N) is 2. The Labute approximate surface area is 173 Å². The minimum atomic E-state index is -0.0794. The van der Waals surface area contributed by atoms with Crippen molar-refractivity contribution < 1.29 is 9.53 Å². The highest BCUT2D eigenvalue weighted by molar-refractivity contribution is 7.09.